The van der Waals surface area contributed by atoms with Crippen LogP contribution in [0.3, 0.4) is 0 Å². The molecule has 0 aromatic heterocycles. The monoisotopic (exact) mass is 389 g/mol. The summed E-state index contributed by atoms with van der Waals surface area (Å²) in [5.41, 5.74) is 7.28. The molecule has 0 bridgehead atoms. The lowest BCUT2D eigenvalue weighted by Crippen LogP contribution is -2.48. The van der Waals surface area contributed by atoms with Crippen molar-refractivity contribution in [2.45, 2.75) is 52.4 Å². The van der Waals surface area contributed by atoms with Crippen molar-refractivity contribution >= 4 is 29.4 Å². The Morgan fingerprint density at radius 1 is 0.964 bits per heavy atom. The maximum atomic E-state index is 12.2. The molecular formula is C20H27N3O5. The van der Waals surface area contributed by atoms with Gasteiger partial charge in [0.25, 0.3) is 0 Å². The fourth-order valence-electron chi connectivity index (χ4n) is 3.42. The number of nitrogens with one attached hydrogen (secondary N) is 3. The summed E-state index contributed by atoms with van der Waals surface area (Å²) >= 11 is 0. The first-order valence-corrected chi connectivity index (χ1v) is 9.46. The molecule has 1 aliphatic carbocycles. The van der Waals surface area contributed by atoms with Crippen molar-refractivity contribution in [3.63, 3.8) is 0 Å². The number of aryl methyl sites for hydroxylation is 2. The standard InChI is InChI=1S/C20H27N3O5/c1-12-7-8-16(13(2)11-12)21-17(24)9-10-18(25)22-23-19(26)14-5-3-4-6-15(14)20(27)28/h7-8,11,14-15H,3-6,9-10H2,1-2H3,(H,21,24)(H,22,25)(H,23,26)(H,27,28)/t14?,15-/m0/s1. The van der Waals surface area contributed by atoms with Crippen molar-refractivity contribution in [3.8, 4) is 0 Å². The van der Waals surface area contributed by atoms with Crippen molar-refractivity contribution in [1.82, 2.24) is 10.9 Å². The van der Waals surface area contributed by atoms with Gasteiger partial charge in [0.2, 0.25) is 17.7 Å². The SMILES string of the molecule is Cc1ccc(NC(=O)CCC(=O)NNC(=O)C2CCCC[C@@H]2C(=O)O)c(C)c1. The van der Waals surface area contributed by atoms with E-state index in [1.807, 2.05) is 32.0 Å². The van der Waals surface area contributed by atoms with E-state index in [2.05, 4.69) is 16.2 Å². The number of amides is 3. The minimum atomic E-state index is -0.991. The Morgan fingerprint density at radius 3 is 2.25 bits per heavy atom. The molecule has 8 nitrogen and oxygen atoms in total. The summed E-state index contributed by atoms with van der Waals surface area (Å²) in [6, 6.07) is 5.65. The fourth-order valence-corrected chi connectivity index (χ4v) is 3.42. The van der Waals surface area contributed by atoms with E-state index in [0.29, 0.717) is 18.5 Å². The number of hydrogen-bond donors (Lipinski definition) is 4. The molecule has 0 heterocycles. The molecular weight excluding hydrogens is 362 g/mol. The van der Waals surface area contributed by atoms with E-state index in [1.165, 1.54) is 0 Å². The van der Waals surface area contributed by atoms with Gasteiger partial charge in [-0.3, -0.25) is 30.0 Å². The van der Waals surface area contributed by atoms with Crippen LogP contribution in [0.15, 0.2) is 18.2 Å². The summed E-state index contributed by atoms with van der Waals surface area (Å²) in [6.45, 7) is 3.85. The van der Waals surface area contributed by atoms with Gasteiger partial charge in [-0.25, -0.2) is 0 Å². The van der Waals surface area contributed by atoms with Gasteiger partial charge in [-0.05, 0) is 38.3 Å². The Morgan fingerprint density at radius 2 is 1.61 bits per heavy atom. The maximum absolute atomic E-state index is 12.2. The van der Waals surface area contributed by atoms with Gasteiger partial charge in [-0.2, -0.15) is 0 Å². The molecule has 8 heteroatoms. The van der Waals surface area contributed by atoms with Crippen molar-refractivity contribution in [3.05, 3.63) is 29.3 Å². The molecule has 1 saturated carbocycles. The van der Waals surface area contributed by atoms with E-state index >= 15 is 0 Å². The van der Waals surface area contributed by atoms with E-state index in [1.54, 1.807) is 0 Å². The highest BCUT2D eigenvalue weighted by atomic mass is 16.4. The molecule has 0 aliphatic heterocycles. The first-order chi connectivity index (χ1) is 13.3. The van der Waals surface area contributed by atoms with Crippen LogP contribution in [0.4, 0.5) is 5.69 Å². The average molecular weight is 389 g/mol. The second-order valence-electron chi connectivity index (χ2n) is 7.24. The second kappa shape index (κ2) is 9.87. The summed E-state index contributed by atoms with van der Waals surface area (Å²) in [5.74, 6) is -3.68. The molecule has 28 heavy (non-hydrogen) atoms. The van der Waals surface area contributed by atoms with Crippen LogP contribution in [-0.4, -0.2) is 28.8 Å². The highest BCUT2D eigenvalue weighted by Crippen LogP contribution is 2.30. The molecule has 2 atom stereocenters. The summed E-state index contributed by atoms with van der Waals surface area (Å²) in [7, 11) is 0. The van der Waals surface area contributed by atoms with E-state index in [4.69, 9.17) is 0 Å². The maximum Gasteiger partial charge on any atom is 0.307 e. The number of hydrogen-bond acceptors (Lipinski definition) is 4. The number of carbonyl (C=O) groups is 4. The van der Waals surface area contributed by atoms with Crippen LogP contribution < -0.4 is 16.2 Å². The normalized spacial score (nSPS) is 18.8. The molecule has 0 radical (unpaired) electrons. The molecule has 152 valence electrons. The third-order valence-corrected chi connectivity index (χ3v) is 4.98. The van der Waals surface area contributed by atoms with Crippen LogP contribution in [-0.2, 0) is 19.2 Å². The van der Waals surface area contributed by atoms with Crippen LogP contribution in [0.2, 0.25) is 0 Å². The van der Waals surface area contributed by atoms with E-state index in [9.17, 15) is 24.3 Å². The molecule has 4 N–H and O–H groups in total. The average Bonchev–Trinajstić information content (AvgIpc) is 2.66. The molecule has 3 amide bonds. The smallest absolute Gasteiger partial charge is 0.307 e. The van der Waals surface area contributed by atoms with E-state index in [-0.39, 0.29) is 18.7 Å². The lowest BCUT2D eigenvalue weighted by molar-refractivity contribution is -0.149. The van der Waals surface area contributed by atoms with E-state index < -0.39 is 29.6 Å². The largest absolute Gasteiger partial charge is 0.481 e. The Kier molecular flexibility index (Phi) is 7.54. The highest BCUT2D eigenvalue weighted by Gasteiger charge is 2.35. The number of carboxylic acid groups (broad SMARTS) is 1. The van der Waals surface area contributed by atoms with Crippen LogP contribution in [0.1, 0.15) is 49.7 Å². The predicted molar refractivity (Wildman–Crippen MR) is 103 cm³/mol. The zero-order chi connectivity index (χ0) is 20.7. The number of benzene rings is 1. The number of rotatable bonds is 6. The molecule has 0 saturated heterocycles. The minimum Gasteiger partial charge on any atom is -0.481 e. The van der Waals surface area contributed by atoms with Gasteiger partial charge in [-0.1, -0.05) is 30.5 Å². The number of carbonyl (C=O) groups excluding carboxylic acids is 3. The van der Waals surface area contributed by atoms with Gasteiger partial charge in [0, 0.05) is 18.5 Å². The fraction of sp³-hybridized carbons (Fsp3) is 0.500. The Balaban J connectivity index is 1.75. The third-order valence-electron chi connectivity index (χ3n) is 4.98. The summed E-state index contributed by atoms with van der Waals surface area (Å²) in [5, 5.41) is 12.0. The topological polar surface area (TPSA) is 125 Å². The van der Waals surface area contributed by atoms with E-state index in [0.717, 1.165) is 24.0 Å². The molecule has 1 aromatic rings. The Bertz CT molecular complexity index is 762. The van der Waals surface area contributed by atoms with Crippen LogP contribution in [0, 0.1) is 25.7 Å². The summed E-state index contributed by atoms with van der Waals surface area (Å²) < 4.78 is 0. The van der Waals surface area contributed by atoms with Crippen molar-refractivity contribution in [2.24, 2.45) is 11.8 Å². The van der Waals surface area contributed by atoms with Gasteiger partial charge in [0.05, 0.1) is 11.8 Å². The number of anilines is 1. The molecule has 0 spiro atoms. The molecule has 2 rings (SSSR count). The lowest BCUT2D eigenvalue weighted by atomic mass is 9.79. The van der Waals surface area contributed by atoms with Gasteiger partial charge >= 0.3 is 5.97 Å². The zero-order valence-corrected chi connectivity index (χ0v) is 16.2. The molecule has 1 unspecified atom stereocenters. The van der Waals surface area contributed by atoms with Gasteiger partial charge in [-0.15, -0.1) is 0 Å². The minimum absolute atomic E-state index is 0.0315. The quantitative estimate of drug-likeness (QED) is 0.554. The van der Waals surface area contributed by atoms with Crippen molar-refractivity contribution in [1.29, 1.82) is 0 Å². The molecule has 1 aromatic carbocycles. The van der Waals surface area contributed by atoms with Gasteiger partial charge in [0.1, 0.15) is 0 Å². The first-order valence-electron chi connectivity index (χ1n) is 9.46. The number of carboxylic acids is 1. The summed E-state index contributed by atoms with van der Waals surface area (Å²) in [4.78, 5) is 47.4. The van der Waals surface area contributed by atoms with Gasteiger partial charge < -0.3 is 10.4 Å². The predicted octanol–water partition coefficient (Wildman–Crippen LogP) is 2.06. The van der Waals surface area contributed by atoms with Crippen LogP contribution >= 0.6 is 0 Å². The summed E-state index contributed by atoms with van der Waals surface area (Å²) in [6.07, 6.45) is 2.38. The highest BCUT2D eigenvalue weighted by molar-refractivity contribution is 5.94. The van der Waals surface area contributed by atoms with Gasteiger partial charge in [0.15, 0.2) is 0 Å². The van der Waals surface area contributed by atoms with Crippen LogP contribution in [0.25, 0.3) is 0 Å². The number of aliphatic carboxylic acids is 1. The lowest BCUT2D eigenvalue weighted by Gasteiger charge is -2.27. The molecule has 1 fully saturated rings. The zero-order valence-electron chi connectivity index (χ0n) is 16.2. The number of hydrazine groups is 1. The second-order valence-corrected chi connectivity index (χ2v) is 7.24. The third kappa shape index (κ3) is 6.07. The van der Waals surface area contributed by atoms with Crippen molar-refractivity contribution in [2.75, 3.05) is 5.32 Å². The molecule has 1 aliphatic rings. The Labute approximate surface area is 164 Å². The van der Waals surface area contributed by atoms with Crippen LogP contribution in [0.5, 0.6) is 0 Å². The Hall–Kier alpha value is -2.90. The van der Waals surface area contributed by atoms with Crippen molar-refractivity contribution < 1.29 is 24.3 Å². The first kappa shape index (κ1) is 21.4.